The molecule has 1 aliphatic carbocycles. The Morgan fingerprint density at radius 1 is 1.56 bits per heavy atom. The van der Waals surface area contributed by atoms with Crippen molar-refractivity contribution in [1.29, 1.82) is 5.26 Å². The lowest BCUT2D eigenvalue weighted by Crippen LogP contribution is -2.19. The van der Waals surface area contributed by atoms with Crippen molar-refractivity contribution >= 4 is 0 Å². The van der Waals surface area contributed by atoms with E-state index in [2.05, 4.69) is 12.1 Å². The lowest BCUT2D eigenvalue weighted by atomic mass is 9.80. The number of methoxy groups -OCH3 is 1. The van der Waals surface area contributed by atoms with Crippen molar-refractivity contribution < 1.29 is 9.47 Å². The van der Waals surface area contributed by atoms with Gasteiger partial charge in [-0.05, 0) is 42.5 Å². The summed E-state index contributed by atoms with van der Waals surface area (Å²) >= 11 is 0. The zero-order valence-corrected chi connectivity index (χ0v) is 9.19. The minimum Gasteiger partial charge on any atom is -0.497 e. The van der Waals surface area contributed by atoms with Gasteiger partial charge in [0.05, 0.1) is 13.2 Å². The first-order valence-corrected chi connectivity index (χ1v) is 5.55. The first kappa shape index (κ1) is 9.68. The monoisotopic (exact) mass is 215 g/mol. The van der Waals surface area contributed by atoms with Crippen LogP contribution in [0.4, 0.5) is 0 Å². The first-order valence-electron chi connectivity index (χ1n) is 5.55. The number of nitrogens with zero attached hydrogens (tertiary/aromatic N) is 1. The summed E-state index contributed by atoms with van der Waals surface area (Å²) in [6.45, 7) is 0. The van der Waals surface area contributed by atoms with Gasteiger partial charge >= 0.3 is 0 Å². The summed E-state index contributed by atoms with van der Waals surface area (Å²) in [7, 11) is 1.67. The van der Waals surface area contributed by atoms with Gasteiger partial charge in [-0.15, -0.1) is 0 Å². The number of ether oxygens (including phenoxy) is 2. The van der Waals surface area contributed by atoms with Crippen LogP contribution in [-0.4, -0.2) is 13.2 Å². The van der Waals surface area contributed by atoms with E-state index in [0.717, 1.165) is 25.0 Å². The number of hydrogen-bond acceptors (Lipinski definition) is 3. The molecule has 1 fully saturated rings. The molecule has 3 rings (SSSR count). The Kier molecular flexibility index (Phi) is 1.95. The van der Waals surface area contributed by atoms with Crippen LogP contribution in [-0.2, 0) is 16.8 Å². The molecule has 2 atom stereocenters. The number of rotatable bonds is 1. The lowest BCUT2D eigenvalue weighted by molar-refractivity contribution is 0.273. The van der Waals surface area contributed by atoms with Crippen LogP contribution >= 0.6 is 0 Å². The molecule has 1 heterocycles. The summed E-state index contributed by atoms with van der Waals surface area (Å²) in [5, 5.41) is 8.95. The molecule has 1 spiro atoms. The smallest absolute Gasteiger partial charge is 0.178 e. The predicted octanol–water partition coefficient (Wildman–Crippen LogP) is 2.15. The Morgan fingerprint density at radius 2 is 2.44 bits per heavy atom. The molecule has 82 valence electrons. The Labute approximate surface area is 94.6 Å². The van der Waals surface area contributed by atoms with Crippen LogP contribution in [0.25, 0.3) is 0 Å². The Hall–Kier alpha value is -1.53. The maximum atomic E-state index is 8.95. The van der Waals surface area contributed by atoms with Crippen LogP contribution in [0.3, 0.4) is 0 Å². The third kappa shape index (κ3) is 1.17. The third-order valence-electron chi connectivity index (χ3n) is 3.57. The van der Waals surface area contributed by atoms with Crippen molar-refractivity contribution in [2.24, 2.45) is 0 Å². The van der Waals surface area contributed by atoms with E-state index < -0.39 is 0 Å². The van der Waals surface area contributed by atoms with E-state index in [0.29, 0.717) is 0 Å². The Balaban J connectivity index is 2.05. The van der Waals surface area contributed by atoms with Crippen LogP contribution < -0.4 is 4.74 Å². The molecule has 2 aliphatic rings. The molecule has 16 heavy (non-hydrogen) atoms. The first-order chi connectivity index (χ1) is 7.80. The summed E-state index contributed by atoms with van der Waals surface area (Å²) in [4.78, 5) is 0. The molecule has 1 saturated heterocycles. The second-order valence-electron chi connectivity index (χ2n) is 4.39. The molecule has 0 N–H and O–H groups in total. The van der Waals surface area contributed by atoms with Gasteiger partial charge in [0.25, 0.3) is 0 Å². The van der Waals surface area contributed by atoms with Crippen LogP contribution in [0.15, 0.2) is 18.2 Å². The molecule has 3 heteroatoms. The summed E-state index contributed by atoms with van der Waals surface area (Å²) in [6, 6.07) is 8.27. The molecule has 0 bridgehead atoms. The summed E-state index contributed by atoms with van der Waals surface area (Å²) in [5.74, 6) is 0.880. The maximum Gasteiger partial charge on any atom is 0.178 e. The van der Waals surface area contributed by atoms with Crippen molar-refractivity contribution in [3.63, 3.8) is 0 Å². The predicted molar refractivity (Wildman–Crippen MR) is 58.1 cm³/mol. The summed E-state index contributed by atoms with van der Waals surface area (Å²) < 4.78 is 10.8. The van der Waals surface area contributed by atoms with E-state index in [-0.39, 0.29) is 11.7 Å². The van der Waals surface area contributed by atoms with Crippen molar-refractivity contribution in [3.8, 4) is 11.8 Å². The van der Waals surface area contributed by atoms with Crippen molar-refractivity contribution in [2.45, 2.75) is 31.0 Å². The minimum atomic E-state index is -0.297. The molecule has 1 aliphatic heterocycles. The Bertz CT molecular complexity index is 477. The zero-order valence-electron chi connectivity index (χ0n) is 9.19. The molecule has 1 aromatic rings. The highest BCUT2D eigenvalue weighted by atomic mass is 16.6. The second-order valence-corrected chi connectivity index (χ2v) is 4.39. The van der Waals surface area contributed by atoms with Gasteiger partial charge in [0.2, 0.25) is 0 Å². The molecule has 1 aromatic carbocycles. The second kappa shape index (κ2) is 3.23. The van der Waals surface area contributed by atoms with E-state index in [1.54, 1.807) is 7.11 Å². The van der Waals surface area contributed by atoms with Crippen LogP contribution in [0, 0.1) is 11.3 Å². The van der Waals surface area contributed by atoms with E-state index >= 15 is 0 Å². The number of benzene rings is 1. The topological polar surface area (TPSA) is 45.5 Å². The van der Waals surface area contributed by atoms with E-state index in [1.165, 1.54) is 11.1 Å². The van der Waals surface area contributed by atoms with Crippen molar-refractivity contribution in [3.05, 3.63) is 29.3 Å². The fourth-order valence-electron chi connectivity index (χ4n) is 2.69. The summed E-state index contributed by atoms with van der Waals surface area (Å²) in [6.07, 6.45) is 2.85. The average molecular weight is 215 g/mol. The van der Waals surface area contributed by atoms with E-state index in [4.69, 9.17) is 14.7 Å². The molecule has 0 aromatic heterocycles. The number of hydrogen-bond donors (Lipinski definition) is 0. The lowest BCUT2D eigenvalue weighted by Gasteiger charge is -2.22. The largest absolute Gasteiger partial charge is 0.497 e. The minimum absolute atomic E-state index is 0.250. The normalized spacial score (nSPS) is 30.6. The van der Waals surface area contributed by atoms with Gasteiger partial charge in [-0.25, -0.2) is 0 Å². The molecule has 0 radical (unpaired) electrons. The molecule has 2 unspecified atom stereocenters. The third-order valence-corrected chi connectivity index (χ3v) is 3.57. The van der Waals surface area contributed by atoms with E-state index in [1.807, 2.05) is 12.1 Å². The van der Waals surface area contributed by atoms with Crippen LogP contribution in [0.1, 0.15) is 24.0 Å². The fraction of sp³-hybridized carbons (Fsp3) is 0.462. The van der Waals surface area contributed by atoms with Gasteiger partial charge < -0.3 is 9.47 Å². The van der Waals surface area contributed by atoms with Crippen LogP contribution in [0.5, 0.6) is 5.75 Å². The van der Waals surface area contributed by atoms with Gasteiger partial charge in [-0.3, -0.25) is 0 Å². The average Bonchev–Trinajstić information content (AvgIpc) is 3.03. The highest BCUT2D eigenvalue weighted by Crippen LogP contribution is 2.53. The molecule has 0 amide bonds. The highest BCUT2D eigenvalue weighted by molar-refractivity contribution is 5.45. The number of epoxide rings is 1. The standard InChI is InChI=1S/C13H13NO2/c1-15-10-4-5-11-9(7-10)3-2-6-13(11)12(8-14)16-13/h4-5,7,12H,2-3,6H2,1H3. The highest BCUT2D eigenvalue weighted by Gasteiger charge is 2.59. The summed E-state index contributed by atoms with van der Waals surface area (Å²) in [5.41, 5.74) is 2.16. The zero-order chi connectivity index (χ0) is 11.2. The van der Waals surface area contributed by atoms with Crippen LogP contribution in [0.2, 0.25) is 0 Å². The molecule has 0 saturated carbocycles. The number of nitriles is 1. The van der Waals surface area contributed by atoms with Gasteiger partial charge in [0.1, 0.15) is 11.4 Å². The number of aryl methyl sites for hydroxylation is 1. The van der Waals surface area contributed by atoms with Crippen molar-refractivity contribution in [2.75, 3.05) is 7.11 Å². The van der Waals surface area contributed by atoms with Gasteiger partial charge in [0.15, 0.2) is 6.10 Å². The van der Waals surface area contributed by atoms with Gasteiger partial charge in [-0.2, -0.15) is 5.26 Å². The van der Waals surface area contributed by atoms with Gasteiger partial charge in [0, 0.05) is 0 Å². The quantitative estimate of drug-likeness (QED) is 0.674. The Morgan fingerprint density at radius 3 is 3.12 bits per heavy atom. The molecular weight excluding hydrogens is 202 g/mol. The molecule has 3 nitrogen and oxygen atoms in total. The maximum absolute atomic E-state index is 8.95. The fourth-order valence-corrected chi connectivity index (χ4v) is 2.69. The SMILES string of the molecule is COc1ccc2c(c1)CCCC21OC1C#N. The number of fused-ring (bicyclic) bond motifs is 2. The van der Waals surface area contributed by atoms with Gasteiger partial charge in [-0.1, -0.05) is 6.07 Å². The van der Waals surface area contributed by atoms with E-state index in [9.17, 15) is 0 Å². The van der Waals surface area contributed by atoms with Crippen molar-refractivity contribution in [1.82, 2.24) is 0 Å². The molecular formula is C13H13NO2.